The van der Waals surface area contributed by atoms with Gasteiger partial charge in [0.15, 0.2) is 11.3 Å². The zero-order valence-electron chi connectivity index (χ0n) is 42.4. The van der Waals surface area contributed by atoms with Gasteiger partial charge >= 0.3 is 0 Å². The molecule has 4 heterocycles. The molecule has 0 spiro atoms. The molecular formula is C57H66N6O9S. The number of rotatable bonds is 23. The third-order valence-corrected chi connectivity index (χ3v) is 14.9. The summed E-state index contributed by atoms with van der Waals surface area (Å²) >= 11 is 1.56. The number of aliphatic hydroxyl groups excluding tert-OH is 1. The smallest absolute Gasteiger partial charge is 0.257 e. The predicted octanol–water partition coefficient (Wildman–Crippen LogP) is 9.00. The van der Waals surface area contributed by atoms with E-state index in [1.807, 2.05) is 80.9 Å². The number of amides is 3. The highest BCUT2D eigenvalue weighted by Gasteiger charge is 2.48. The van der Waals surface area contributed by atoms with Crippen LogP contribution in [0, 0.1) is 12.8 Å². The Kier molecular flexibility index (Phi) is 17.1. The number of aromatic hydroxyl groups is 1. The van der Waals surface area contributed by atoms with Crippen molar-refractivity contribution in [2.45, 2.75) is 95.7 Å². The first-order chi connectivity index (χ1) is 35.2. The second-order valence-corrected chi connectivity index (χ2v) is 20.2. The van der Waals surface area contributed by atoms with E-state index in [-0.39, 0.29) is 73.3 Å². The number of nitrogens with one attached hydrogen (secondary N) is 1. The third kappa shape index (κ3) is 12.3. The molecule has 0 saturated carbocycles. The lowest BCUT2D eigenvalue weighted by atomic mass is 9.76. The van der Waals surface area contributed by atoms with Gasteiger partial charge in [-0.2, -0.15) is 0 Å². The number of phenolic OH excluding ortho intramolecular Hbond substituents is 1. The molecular weight excluding hydrogens is 945 g/mol. The highest BCUT2D eigenvalue weighted by atomic mass is 32.1. The van der Waals surface area contributed by atoms with E-state index in [1.54, 1.807) is 53.3 Å². The first-order valence-electron chi connectivity index (χ1n) is 25.1. The molecule has 16 heteroatoms. The Morgan fingerprint density at radius 2 is 1.64 bits per heavy atom. The number of carbonyl (C=O) groups excluding carboxylic acids is 3. The van der Waals surface area contributed by atoms with Crippen molar-refractivity contribution in [2.75, 3.05) is 46.6 Å². The van der Waals surface area contributed by atoms with Crippen molar-refractivity contribution < 1.29 is 43.3 Å². The quantitative estimate of drug-likeness (QED) is 0.0520. The minimum Gasteiger partial charge on any atom is -0.508 e. The van der Waals surface area contributed by atoms with E-state index in [9.17, 15) is 24.6 Å². The van der Waals surface area contributed by atoms with Crippen LogP contribution in [0.15, 0.2) is 124 Å². The molecule has 73 heavy (non-hydrogen) atoms. The molecule has 0 radical (unpaired) electrons. The maximum atomic E-state index is 14.4. The number of β-amino-alcohol motifs (C(OH)–C–C–N with tert-alkyl or cyclic N) is 1. The van der Waals surface area contributed by atoms with Crippen LogP contribution in [0.4, 0.5) is 0 Å². The van der Waals surface area contributed by atoms with E-state index < -0.39 is 23.6 Å². The molecule has 0 aliphatic carbocycles. The van der Waals surface area contributed by atoms with Gasteiger partial charge in [-0.15, -0.1) is 11.3 Å². The zero-order chi connectivity index (χ0) is 51.6. The molecule has 15 nitrogen and oxygen atoms in total. The van der Waals surface area contributed by atoms with Crippen molar-refractivity contribution in [2.24, 2.45) is 10.9 Å². The first kappa shape index (κ1) is 52.4. The van der Waals surface area contributed by atoms with Gasteiger partial charge in [0.05, 0.1) is 41.4 Å². The fraction of sp³-hybridized carbons (Fsp3) is 0.404. The van der Waals surface area contributed by atoms with Crippen LogP contribution in [0.2, 0.25) is 0 Å². The number of aryl methyl sites for hydroxylation is 1. The van der Waals surface area contributed by atoms with Crippen LogP contribution in [0.5, 0.6) is 17.4 Å². The molecule has 4 aromatic carbocycles. The van der Waals surface area contributed by atoms with Gasteiger partial charge in [-0.3, -0.25) is 14.4 Å². The van der Waals surface area contributed by atoms with Gasteiger partial charge < -0.3 is 44.1 Å². The Bertz CT molecular complexity index is 2820. The lowest BCUT2D eigenvalue weighted by Crippen LogP contribution is -2.48. The van der Waals surface area contributed by atoms with Gasteiger partial charge in [0.2, 0.25) is 11.8 Å². The van der Waals surface area contributed by atoms with Crippen LogP contribution in [0.25, 0.3) is 10.4 Å². The number of phenols is 1. The van der Waals surface area contributed by atoms with Gasteiger partial charge in [0, 0.05) is 45.0 Å². The second kappa shape index (κ2) is 23.8. The van der Waals surface area contributed by atoms with E-state index in [4.69, 9.17) is 23.7 Å². The molecule has 3 N–H and O–H groups in total. The molecule has 384 valence electrons. The highest BCUT2D eigenvalue weighted by molar-refractivity contribution is 7.13. The highest BCUT2D eigenvalue weighted by Crippen LogP contribution is 2.42. The molecule has 2 aromatic heterocycles. The lowest BCUT2D eigenvalue weighted by molar-refractivity contribution is -0.134. The summed E-state index contributed by atoms with van der Waals surface area (Å²) in [5.41, 5.74) is 6.79. The number of aliphatic imine (C=N–C) groups is 1. The number of hydrogen-bond donors (Lipinski definition) is 3. The SMILES string of the molecule is CCC(c1ccccc1)C(c1ccc(O)cc1)c1ccc(OCCN(C)C(=O)CCCOCCOc2cc(C(C(=O)N3CC(O)CC3C3=NC(C)(c4ccc(-c5scnc5C)cc4)C(=O)N3)C(C)C)on2)cc1. The van der Waals surface area contributed by atoms with Crippen LogP contribution in [-0.4, -0.2) is 112 Å². The number of carbonyl (C=O) groups is 3. The number of benzene rings is 4. The van der Waals surface area contributed by atoms with Crippen LogP contribution >= 0.6 is 11.3 Å². The van der Waals surface area contributed by atoms with Crippen LogP contribution in [0.3, 0.4) is 0 Å². The zero-order valence-corrected chi connectivity index (χ0v) is 43.2. The lowest BCUT2D eigenvalue weighted by Gasteiger charge is -2.29. The molecule has 6 aromatic rings. The van der Waals surface area contributed by atoms with Gasteiger partial charge in [0.1, 0.15) is 36.5 Å². The van der Waals surface area contributed by atoms with Gasteiger partial charge in [-0.25, -0.2) is 9.98 Å². The molecule has 3 amide bonds. The number of thiazole rings is 1. The molecule has 1 saturated heterocycles. The van der Waals surface area contributed by atoms with Crippen LogP contribution < -0.4 is 14.8 Å². The number of hydrogen-bond acceptors (Lipinski definition) is 13. The monoisotopic (exact) mass is 1010 g/mol. The summed E-state index contributed by atoms with van der Waals surface area (Å²) in [4.78, 5) is 54.4. The number of likely N-dealkylation sites (tertiary alicyclic amines) is 1. The molecule has 6 atom stereocenters. The van der Waals surface area contributed by atoms with Crippen molar-refractivity contribution in [3.63, 3.8) is 0 Å². The minimum absolute atomic E-state index is 0.00943. The van der Waals surface area contributed by atoms with Crippen LogP contribution in [-0.2, 0) is 24.7 Å². The maximum Gasteiger partial charge on any atom is 0.257 e. The summed E-state index contributed by atoms with van der Waals surface area (Å²) in [5.74, 6) is 0.602. The van der Waals surface area contributed by atoms with Crippen molar-refractivity contribution in [1.82, 2.24) is 25.3 Å². The van der Waals surface area contributed by atoms with E-state index >= 15 is 0 Å². The normalized spacial score (nSPS) is 18.8. The minimum atomic E-state index is -1.22. The molecule has 8 rings (SSSR count). The molecule has 6 unspecified atom stereocenters. The van der Waals surface area contributed by atoms with Crippen molar-refractivity contribution in [1.29, 1.82) is 0 Å². The maximum absolute atomic E-state index is 14.4. The molecule has 2 aliphatic heterocycles. The standard InChI is InChI=1S/C57H66N6O9S/c1-7-46(38-12-9-8-10-13-38)52(39-17-23-43(64)24-18-39)40-19-25-45(26-20-40)70-29-27-62(6)50(66)14-11-28-69-30-31-71-49-33-48(72-61-49)51(36(2)3)55(67)63-34-44(65)32-47(63)54-59-56(68)57(5,60-54)42-21-15-41(16-22-42)53-37(4)58-35-73-53/h8-10,12-13,15-26,33,35-36,44,46-47,51-52,64-65H,7,11,14,27-32,34H2,1-6H3,(H,59,60,68). The number of nitrogens with zero attached hydrogens (tertiary/aromatic N) is 5. The Morgan fingerprint density at radius 3 is 2.32 bits per heavy atom. The second-order valence-electron chi connectivity index (χ2n) is 19.3. The van der Waals surface area contributed by atoms with Gasteiger partial charge in [-0.05, 0) is 95.8 Å². The summed E-state index contributed by atoms with van der Waals surface area (Å²) in [6, 6.07) is 34.8. The average molecular weight is 1010 g/mol. The summed E-state index contributed by atoms with van der Waals surface area (Å²) < 4.78 is 23.3. The topological polar surface area (TPSA) is 189 Å². The van der Waals surface area contributed by atoms with E-state index in [2.05, 4.69) is 58.8 Å². The predicted molar refractivity (Wildman–Crippen MR) is 280 cm³/mol. The van der Waals surface area contributed by atoms with Crippen molar-refractivity contribution >= 4 is 34.9 Å². The van der Waals surface area contributed by atoms with Crippen LogP contribution in [0.1, 0.15) is 105 Å². The molecule has 2 aliphatic rings. The summed E-state index contributed by atoms with van der Waals surface area (Å²) in [5, 5.41) is 27.8. The largest absolute Gasteiger partial charge is 0.508 e. The van der Waals surface area contributed by atoms with Crippen molar-refractivity contribution in [3.8, 4) is 27.8 Å². The summed E-state index contributed by atoms with van der Waals surface area (Å²) in [6.07, 6.45) is 1.20. The number of ether oxygens (including phenoxy) is 3. The Hall–Kier alpha value is -6.88. The summed E-state index contributed by atoms with van der Waals surface area (Å²) in [7, 11) is 1.77. The fourth-order valence-corrected chi connectivity index (χ4v) is 10.7. The fourth-order valence-electron chi connectivity index (χ4n) is 9.88. The third-order valence-electron chi connectivity index (χ3n) is 13.9. The number of aromatic nitrogens is 2. The van der Waals surface area contributed by atoms with E-state index in [0.29, 0.717) is 49.8 Å². The Morgan fingerprint density at radius 1 is 0.932 bits per heavy atom. The van der Waals surface area contributed by atoms with E-state index in [0.717, 1.165) is 39.4 Å². The van der Waals surface area contributed by atoms with Crippen molar-refractivity contribution in [3.05, 3.63) is 148 Å². The average Bonchev–Trinajstić information content (AvgIpc) is 4.20. The Balaban J connectivity index is 0.762. The van der Waals surface area contributed by atoms with Gasteiger partial charge in [-0.1, -0.05) is 99.6 Å². The van der Waals surface area contributed by atoms with E-state index in [1.165, 1.54) is 5.56 Å². The molecule has 1 fully saturated rings. The Labute approximate surface area is 431 Å². The number of likely N-dealkylation sites (N-methyl/N-ethyl adjacent to an activating group) is 1. The van der Waals surface area contributed by atoms with Gasteiger partial charge in [0.25, 0.3) is 11.8 Å². The molecule has 0 bridgehead atoms. The first-order valence-corrected chi connectivity index (χ1v) is 26.0. The summed E-state index contributed by atoms with van der Waals surface area (Å²) in [6.45, 7) is 11.4. The number of amidine groups is 1. The number of aliphatic hydroxyl groups is 1.